The molecule has 0 aliphatic heterocycles. The number of rotatable bonds is 5. The van der Waals surface area contributed by atoms with Gasteiger partial charge in [-0.15, -0.1) is 3.89 Å². The molecule has 0 spiro atoms. The Morgan fingerprint density at radius 3 is 2.08 bits per heavy atom. The van der Waals surface area contributed by atoms with Crippen LogP contribution >= 0.6 is 0 Å². The van der Waals surface area contributed by atoms with Crippen LogP contribution in [-0.4, -0.2) is 25.7 Å². The second kappa shape index (κ2) is 4.30. The highest BCUT2D eigenvalue weighted by molar-refractivity contribution is 7.87. The van der Waals surface area contributed by atoms with Crippen LogP contribution in [0.15, 0.2) is 0 Å². The maximum atomic E-state index is 11.8. The summed E-state index contributed by atoms with van der Waals surface area (Å²) in [6.45, 7) is 1.28. The van der Waals surface area contributed by atoms with Crippen molar-refractivity contribution in [2.45, 2.75) is 19.8 Å². The average Bonchev–Trinajstić information content (AvgIpc) is 1.79. The second-order valence-electron chi connectivity index (χ2n) is 2.42. The van der Waals surface area contributed by atoms with Crippen molar-refractivity contribution in [2.75, 3.05) is 5.75 Å². The van der Waals surface area contributed by atoms with Gasteiger partial charge in [0, 0.05) is 12.8 Å². The summed E-state index contributed by atoms with van der Waals surface area (Å²) in [6, 6.07) is 0. The number of ketones is 2. The van der Waals surface area contributed by atoms with Crippen molar-refractivity contribution in [1.82, 2.24) is 0 Å². The summed E-state index contributed by atoms with van der Waals surface area (Å²) in [6.07, 6.45) is -0.243. The van der Waals surface area contributed by atoms with E-state index in [-0.39, 0.29) is 18.6 Å². The first-order valence-electron chi connectivity index (χ1n) is 3.25. The number of hydrogen-bond acceptors (Lipinski definition) is 4. The maximum Gasteiger partial charge on any atom is 0.309 e. The summed E-state index contributed by atoms with van der Waals surface area (Å²) < 4.78 is 31.7. The molecule has 4 nitrogen and oxygen atoms in total. The van der Waals surface area contributed by atoms with Gasteiger partial charge in [-0.3, -0.25) is 4.79 Å². The molecule has 0 aromatic carbocycles. The van der Waals surface area contributed by atoms with Crippen LogP contribution in [-0.2, 0) is 19.8 Å². The van der Waals surface area contributed by atoms with E-state index >= 15 is 0 Å². The van der Waals surface area contributed by atoms with Crippen LogP contribution < -0.4 is 0 Å². The van der Waals surface area contributed by atoms with Gasteiger partial charge in [0.25, 0.3) is 0 Å². The van der Waals surface area contributed by atoms with Gasteiger partial charge >= 0.3 is 10.2 Å². The van der Waals surface area contributed by atoms with Gasteiger partial charge < -0.3 is 4.79 Å². The first kappa shape index (κ1) is 11.2. The minimum absolute atomic E-state index is 0.0334. The van der Waals surface area contributed by atoms with Crippen LogP contribution in [0.4, 0.5) is 3.89 Å². The molecule has 0 aliphatic rings. The summed E-state index contributed by atoms with van der Waals surface area (Å²) in [7, 11) is -4.73. The number of carbonyl (C=O) groups excluding carboxylic acids is 2. The number of carbonyl (C=O) groups is 2. The van der Waals surface area contributed by atoms with Gasteiger partial charge in [-0.1, -0.05) is 0 Å². The quantitative estimate of drug-likeness (QED) is 0.590. The largest absolute Gasteiger partial charge is 0.309 e. The van der Waals surface area contributed by atoms with E-state index in [9.17, 15) is 21.9 Å². The van der Waals surface area contributed by atoms with Crippen LogP contribution in [0.2, 0.25) is 0 Å². The molecular weight excluding hydrogens is 187 g/mol. The van der Waals surface area contributed by atoms with E-state index in [1.165, 1.54) is 6.92 Å². The molecule has 0 radical (unpaired) electrons. The van der Waals surface area contributed by atoms with Crippen molar-refractivity contribution in [1.29, 1.82) is 0 Å². The SMILES string of the molecule is CC(=O)CCC(=O)CS(=O)(=O)F. The zero-order valence-corrected chi connectivity index (χ0v) is 7.36. The molecule has 6 heteroatoms. The summed E-state index contributed by atoms with van der Waals surface area (Å²) in [5, 5.41) is 0. The Balaban J connectivity index is 3.84. The van der Waals surface area contributed by atoms with Gasteiger partial charge in [0.2, 0.25) is 0 Å². The number of Topliss-reactive ketones (excluding diaryl/α,β-unsaturated/α-hetero) is 2. The van der Waals surface area contributed by atoms with Gasteiger partial charge in [-0.2, -0.15) is 8.42 Å². The first-order valence-corrected chi connectivity index (χ1v) is 4.80. The molecule has 0 atom stereocenters. The van der Waals surface area contributed by atoms with Crippen LogP contribution in [0.25, 0.3) is 0 Å². The standard InChI is InChI=1S/C6H9FO4S/c1-5(8)2-3-6(9)4-12(7,10)11/h2-4H2,1H3. The summed E-state index contributed by atoms with van der Waals surface area (Å²) in [5.41, 5.74) is 0. The molecule has 0 N–H and O–H groups in total. The smallest absolute Gasteiger partial charge is 0.300 e. The molecule has 0 aromatic heterocycles. The van der Waals surface area contributed by atoms with Gasteiger partial charge in [0.1, 0.15) is 11.5 Å². The highest BCUT2D eigenvalue weighted by Gasteiger charge is 2.14. The van der Waals surface area contributed by atoms with Crippen molar-refractivity contribution in [3.05, 3.63) is 0 Å². The molecule has 0 rings (SSSR count). The van der Waals surface area contributed by atoms with E-state index in [0.29, 0.717) is 0 Å². The lowest BCUT2D eigenvalue weighted by molar-refractivity contribution is -0.121. The zero-order chi connectivity index (χ0) is 9.78. The molecule has 0 saturated heterocycles. The third kappa shape index (κ3) is 7.33. The molecule has 0 unspecified atom stereocenters. The fraction of sp³-hybridized carbons (Fsp3) is 0.667. The van der Waals surface area contributed by atoms with Crippen molar-refractivity contribution in [2.24, 2.45) is 0 Å². The highest BCUT2D eigenvalue weighted by Crippen LogP contribution is 1.97. The predicted molar refractivity (Wildman–Crippen MR) is 39.8 cm³/mol. The predicted octanol–water partition coefficient (Wildman–Crippen LogP) is 0.224. The monoisotopic (exact) mass is 196 g/mol. The molecule has 0 saturated carbocycles. The molecule has 0 fully saturated rings. The van der Waals surface area contributed by atoms with Crippen LogP contribution in [0.5, 0.6) is 0 Å². The summed E-state index contributed by atoms with van der Waals surface area (Å²) in [4.78, 5) is 20.9. The highest BCUT2D eigenvalue weighted by atomic mass is 32.3. The Hall–Kier alpha value is -0.780. The minimum atomic E-state index is -4.73. The first-order chi connectivity index (χ1) is 5.31. The Bertz CT molecular complexity index is 280. The number of halogens is 1. The fourth-order valence-corrected chi connectivity index (χ4v) is 1.11. The van der Waals surface area contributed by atoms with E-state index in [1.807, 2.05) is 0 Å². The van der Waals surface area contributed by atoms with E-state index in [4.69, 9.17) is 0 Å². The van der Waals surface area contributed by atoms with Gasteiger partial charge in [-0.05, 0) is 6.92 Å². The average molecular weight is 196 g/mol. The van der Waals surface area contributed by atoms with Crippen molar-refractivity contribution in [3.63, 3.8) is 0 Å². The lowest BCUT2D eigenvalue weighted by Crippen LogP contribution is -2.12. The summed E-state index contributed by atoms with van der Waals surface area (Å²) in [5.74, 6) is -2.12. The zero-order valence-electron chi connectivity index (χ0n) is 6.54. The van der Waals surface area contributed by atoms with E-state index in [2.05, 4.69) is 0 Å². The Kier molecular flexibility index (Phi) is 4.02. The lowest BCUT2D eigenvalue weighted by Gasteiger charge is -1.93. The molecule has 0 aliphatic carbocycles. The molecule has 0 aromatic rings. The molecule has 0 amide bonds. The number of hydrogen-bond donors (Lipinski definition) is 0. The van der Waals surface area contributed by atoms with E-state index in [0.717, 1.165) is 0 Å². The lowest BCUT2D eigenvalue weighted by atomic mass is 10.2. The second-order valence-corrected chi connectivity index (χ2v) is 3.79. The Morgan fingerprint density at radius 1 is 1.25 bits per heavy atom. The van der Waals surface area contributed by atoms with Crippen LogP contribution in [0.3, 0.4) is 0 Å². The fourth-order valence-electron chi connectivity index (χ4n) is 0.580. The van der Waals surface area contributed by atoms with Gasteiger partial charge in [-0.25, -0.2) is 0 Å². The molecular formula is C6H9FO4S. The third-order valence-electron chi connectivity index (χ3n) is 1.09. The molecule has 12 heavy (non-hydrogen) atoms. The Labute approximate surface area is 70.0 Å². The third-order valence-corrected chi connectivity index (χ3v) is 1.76. The van der Waals surface area contributed by atoms with Crippen molar-refractivity contribution < 1.29 is 21.9 Å². The van der Waals surface area contributed by atoms with Crippen LogP contribution in [0.1, 0.15) is 19.8 Å². The summed E-state index contributed by atoms with van der Waals surface area (Å²) >= 11 is 0. The van der Waals surface area contributed by atoms with Gasteiger partial charge in [0.15, 0.2) is 5.78 Å². The van der Waals surface area contributed by atoms with Crippen LogP contribution in [0, 0.1) is 0 Å². The van der Waals surface area contributed by atoms with Crippen molar-refractivity contribution in [3.8, 4) is 0 Å². The molecule has 0 heterocycles. The van der Waals surface area contributed by atoms with E-state index < -0.39 is 21.8 Å². The minimum Gasteiger partial charge on any atom is -0.300 e. The normalized spacial score (nSPS) is 11.2. The topological polar surface area (TPSA) is 68.3 Å². The van der Waals surface area contributed by atoms with Crippen molar-refractivity contribution >= 4 is 21.8 Å². The molecule has 70 valence electrons. The van der Waals surface area contributed by atoms with Gasteiger partial charge in [0.05, 0.1) is 0 Å². The maximum absolute atomic E-state index is 11.8. The Morgan fingerprint density at radius 2 is 1.75 bits per heavy atom. The van der Waals surface area contributed by atoms with E-state index in [1.54, 1.807) is 0 Å². The molecule has 0 bridgehead atoms.